The predicted molar refractivity (Wildman–Crippen MR) is 62.1 cm³/mol. The fourth-order valence-corrected chi connectivity index (χ4v) is 2.84. The number of benzene rings is 1. The largest absolute Gasteiger partial charge is 0.294 e. The number of Topliss-reactive ketones (excluding diaryl/α,β-unsaturated/α-hetero) is 1. The Balaban J connectivity index is 2.50. The minimum atomic E-state index is 0.0511. The molecule has 80 valence electrons. The van der Waals surface area contributed by atoms with Gasteiger partial charge >= 0.3 is 0 Å². The average molecular weight is 202 g/mol. The summed E-state index contributed by atoms with van der Waals surface area (Å²) in [6, 6.07) is 8.02. The Morgan fingerprint density at radius 2 is 1.73 bits per heavy atom. The van der Waals surface area contributed by atoms with Gasteiger partial charge in [-0.15, -0.1) is 0 Å². The van der Waals surface area contributed by atoms with Crippen molar-refractivity contribution >= 4 is 5.78 Å². The van der Waals surface area contributed by atoms with Gasteiger partial charge in [0.15, 0.2) is 5.78 Å². The lowest BCUT2D eigenvalue weighted by molar-refractivity contribution is 0.0818. The predicted octanol–water partition coefficient (Wildman–Crippen LogP) is 3.65. The molecule has 0 spiro atoms. The van der Waals surface area contributed by atoms with Crippen LogP contribution in [0.25, 0.3) is 0 Å². The minimum Gasteiger partial charge on any atom is -0.294 e. The molecular formula is C14H18O. The first kappa shape index (κ1) is 10.4. The van der Waals surface area contributed by atoms with Gasteiger partial charge in [-0.1, -0.05) is 52.0 Å². The number of rotatable bonds is 0. The number of ketones is 1. The Morgan fingerprint density at radius 3 is 2.27 bits per heavy atom. The highest BCUT2D eigenvalue weighted by Gasteiger charge is 2.43. The molecule has 0 fully saturated rings. The van der Waals surface area contributed by atoms with Crippen molar-refractivity contribution in [2.75, 3.05) is 0 Å². The molecule has 0 radical (unpaired) electrons. The minimum absolute atomic E-state index is 0.0511. The molecule has 1 aliphatic carbocycles. The highest BCUT2D eigenvalue weighted by Crippen LogP contribution is 2.46. The van der Waals surface area contributed by atoms with Gasteiger partial charge in [0.1, 0.15) is 0 Å². The zero-order valence-corrected chi connectivity index (χ0v) is 9.87. The quantitative estimate of drug-likeness (QED) is 0.627. The molecule has 1 heteroatoms. The van der Waals surface area contributed by atoms with Crippen LogP contribution in [0.3, 0.4) is 0 Å². The summed E-state index contributed by atoms with van der Waals surface area (Å²) in [4.78, 5) is 12.3. The first-order valence-corrected chi connectivity index (χ1v) is 5.56. The molecule has 0 aliphatic heterocycles. The summed E-state index contributed by atoms with van der Waals surface area (Å²) in [5.74, 6) is 0.814. The van der Waals surface area contributed by atoms with Gasteiger partial charge in [0, 0.05) is 11.5 Å². The molecule has 2 unspecified atom stereocenters. The van der Waals surface area contributed by atoms with Crippen LogP contribution in [0.5, 0.6) is 0 Å². The van der Waals surface area contributed by atoms with E-state index in [1.54, 1.807) is 0 Å². The van der Waals surface area contributed by atoms with Gasteiger partial charge in [-0.25, -0.2) is 0 Å². The van der Waals surface area contributed by atoms with Gasteiger partial charge in [-0.3, -0.25) is 4.79 Å². The van der Waals surface area contributed by atoms with E-state index in [0.717, 1.165) is 5.56 Å². The van der Waals surface area contributed by atoms with Crippen LogP contribution in [0.4, 0.5) is 0 Å². The van der Waals surface area contributed by atoms with Crippen molar-refractivity contribution in [3.63, 3.8) is 0 Å². The summed E-state index contributed by atoms with van der Waals surface area (Å²) in [7, 11) is 0. The number of hydrogen-bond acceptors (Lipinski definition) is 1. The van der Waals surface area contributed by atoms with E-state index < -0.39 is 0 Å². The Bertz CT molecular complexity index is 398. The standard InChI is InChI=1S/C14H18O/c1-9-10-7-5-6-8-11(10)13(15)12(9)14(2,3)4/h5-9,12H,1-4H3. The summed E-state index contributed by atoms with van der Waals surface area (Å²) >= 11 is 0. The Morgan fingerprint density at radius 1 is 1.13 bits per heavy atom. The average Bonchev–Trinajstić information content (AvgIpc) is 2.39. The molecule has 1 nitrogen and oxygen atoms in total. The third-order valence-corrected chi connectivity index (χ3v) is 3.43. The van der Waals surface area contributed by atoms with Crippen LogP contribution in [0.15, 0.2) is 24.3 Å². The molecule has 0 heterocycles. The summed E-state index contributed by atoms with van der Waals surface area (Å²) in [5, 5.41) is 0. The summed E-state index contributed by atoms with van der Waals surface area (Å²) in [6.45, 7) is 8.62. The molecule has 1 aliphatic rings. The zero-order chi connectivity index (χ0) is 11.2. The second-order valence-corrected chi connectivity index (χ2v) is 5.58. The monoisotopic (exact) mass is 202 g/mol. The van der Waals surface area contributed by atoms with Crippen molar-refractivity contribution in [3.8, 4) is 0 Å². The van der Waals surface area contributed by atoms with E-state index in [1.165, 1.54) is 5.56 Å². The van der Waals surface area contributed by atoms with E-state index >= 15 is 0 Å². The Kier molecular flexibility index (Phi) is 2.22. The fraction of sp³-hybridized carbons (Fsp3) is 0.500. The number of carbonyl (C=O) groups excluding carboxylic acids is 1. The van der Waals surface area contributed by atoms with E-state index in [1.807, 2.05) is 18.2 Å². The van der Waals surface area contributed by atoms with Crippen molar-refractivity contribution in [2.24, 2.45) is 11.3 Å². The lowest BCUT2D eigenvalue weighted by Gasteiger charge is -2.29. The third kappa shape index (κ3) is 1.50. The van der Waals surface area contributed by atoms with E-state index in [0.29, 0.717) is 11.7 Å². The van der Waals surface area contributed by atoms with Crippen LogP contribution in [-0.4, -0.2) is 5.78 Å². The summed E-state index contributed by atoms with van der Waals surface area (Å²) in [6.07, 6.45) is 0. The number of carbonyl (C=O) groups is 1. The second-order valence-electron chi connectivity index (χ2n) is 5.58. The van der Waals surface area contributed by atoms with Crippen molar-refractivity contribution in [3.05, 3.63) is 35.4 Å². The molecule has 2 rings (SSSR count). The second kappa shape index (κ2) is 3.19. The van der Waals surface area contributed by atoms with Gasteiger partial charge in [-0.05, 0) is 16.9 Å². The molecule has 1 aromatic rings. The van der Waals surface area contributed by atoms with Crippen molar-refractivity contribution < 1.29 is 4.79 Å². The van der Waals surface area contributed by atoms with E-state index in [9.17, 15) is 4.79 Å². The fourth-order valence-electron chi connectivity index (χ4n) is 2.84. The number of hydrogen-bond donors (Lipinski definition) is 0. The molecule has 0 aromatic heterocycles. The molecule has 0 N–H and O–H groups in total. The lowest BCUT2D eigenvalue weighted by atomic mass is 9.74. The summed E-state index contributed by atoms with van der Waals surface area (Å²) < 4.78 is 0. The van der Waals surface area contributed by atoms with Crippen LogP contribution in [0.2, 0.25) is 0 Å². The first-order valence-electron chi connectivity index (χ1n) is 5.56. The molecule has 0 saturated heterocycles. The van der Waals surface area contributed by atoms with Crippen molar-refractivity contribution in [2.45, 2.75) is 33.6 Å². The van der Waals surface area contributed by atoms with Crippen molar-refractivity contribution in [1.82, 2.24) is 0 Å². The summed E-state index contributed by atoms with van der Waals surface area (Å²) in [5.41, 5.74) is 2.21. The van der Waals surface area contributed by atoms with Gasteiger partial charge in [0.2, 0.25) is 0 Å². The molecule has 0 saturated carbocycles. The topological polar surface area (TPSA) is 17.1 Å². The zero-order valence-electron chi connectivity index (χ0n) is 9.87. The van der Waals surface area contributed by atoms with E-state index in [-0.39, 0.29) is 11.3 Å². The van der Waals surface area contributed by atoms with Gasteiger partial charge in [-0.2, -0.15) is 0 Å². The highest BCUT2D eigenvalue weighted by molar-refractivity contribution is 6.03. The first-order chi connectivity index (χ1) is 6.93. The maximum atomic E-state index is 12.3. The van der Waals surface area contributed by atoms with Crippen LogP contribution in [0, 0.1) is 11.3 Å². The Hall–Kier alpha value is -1.11. The SMILES string of the molecule is CC1c2ccccc2C(=O)C1C(C)(C)C. The molecule has 0 bridgehead atoms. The van der Waals surface area contributed by atoms with Gasteiger partial charge in [0.05, 0.1) is 0 Å². The van der Waals surface area contributed by atoms with Gasteiger partial charge < -0.3 is 0 Å². The van der Waals surface area contributed by atoms with Crippen LogP contribution in [0.1, 0.15) is 49.5 Å². The lowest BCUT2D eigenvalue weighted by Crippen LogP contribution is -2.27. The van der Waals surface area contributed by atoms with Crippen LogP contribution >= 0.6 is 0 Å². The molecular weight excluding hydrogens is 184 g/mol. The van der Waals surface area contributed by atoms with Crippen LogP contribution < -0.4 is 0 Å². The molecule has 15 heavy (non-hydrogen) atoms. The number of fused-ring (bicyclic) bond motifs is 1. The highest BCUT2D eigenvalue weighted by atomic mass is 16.1. The Labute approximate surface area is 91.5 Å². The van der Waals surface area contributed by atoms with Crippen LogP contribution in [-0.2, 0) is 0 Å². The molecule has 0 amide bonds. The normalized spacial score (nSPS) is 25.5. The molecule has 1 aromatic carbocycles. The van der Waals surface area contributed by atoms with Gasteiger partial charge in [0.25, 0.3) is 0 Å². The van der Waals surface area contributed by atoms with Crippen molar-refractivity contribution in [1.29, 1.82) is 0 Å². The smallest absolute Gasteiger partial charge is 0.167 e. The van der Waals surface area contributed by atoms with E-state index in [4.69, 9.17) is 0 Å². The maximum Gasteiger partial charge on any atom is 0.167 e. The molecule has 2 atom stereocenters. The van der Waals surface area contributed by atoms with E-state index in [2.05, 4.69) is 33.8 Å². The maximum absolute atomic E-state index is 12.3. The third-order valence-electron chi connectivity index (χ3n) is 3.43.